The first-order valence-electron chi connectivity index (χ1n) is 28.5. The molecule has 0 N–H and O–H groups in total. The van der Waals surface area contributed by atoms with Crippen LogP contribution in [0.1, 0.15) is 147 Å². The molecule has 2 nitrogen and oxygen atoms in total. The van der Waals surface area contributed by atoms with Crippen LogP contribution in [0.5, 0.6) is 0 Å². The Morgan fingerprint density at radius 3 is 1.04 bits per heavy atom. The van der Waals surface area contributed by atoms with Gasteiger partial charge in [0.1, 0.15) is 0 Å². The number of nitriles is 2. The highest BCUT2D eigenvalue weighted by Gasteiger charge is 2.14. The molecular weight excluding hydrogens is 917 g/mol. The van der Waals surface area contributed by atoms with Crippen LogP contribution in [0.2, 0.25) is 0 Å². The van der Waals surface area contributed by atoms with Crippen LogP contribution in [0, 0.1) is 22.7 Å². The zero-order valence-electron chi connectivity index (χ0n) is 45.1. The number of unbranched alkanes of at least 4 members (excludes halogenated alkanes) is 10. The third-order valence-corrected chi connectivity index (χ3v) is 15.6. The van der Waals surface area contributed by atoms with Gasteiger partial charge in [-0.25, -0.2) is 0 Å². The normalized spacial score (nSPS) is 12.5. The molecule has 4 bridgehead atoms. The molecule has 0 atom stereocenters. The lowest BCUT2D eigenvalue weighted by Crippen LogP contribution is -2.02. The molecule has 0 unspecified atom stereocenters. The predicted molar refractivity (Wildman–Crippen MR) is 323 cm³/mol. The maximum absolute atomic E-state index is 10.3. The van der Waals surface area contributed by atoms with Crippen molar-refractivity contribution >= 4 is 23.3 Å². The van der Waals surface area contributed by atoms with Gasteiger partial charge in [0.05, 0.1) is 23.3 Å². The minimum absolute atomic E-state index is 0.657. The number of nitrogens with zero attached hydrogens (tertiary/aromatic N) is 2. The van der Waals surface area contributed by atoms with E-state index in [-0.39, 0.29) is 0 Å². The van der Waals surface area contributed by atoms with Gasteiger partial charge in [0.15, 0.2) is 0 Å². The third kappa shape index (κ3) is 14.3. The number of benzene rings is 8. The van der Waals surface area contributed by atoms with Crippen molar-refractivity contribution in [3.05, 3.63) is 238 Å². The molecule has 0 saturated carbocycles. The Bertz CT molecular complexity index is 3060. The standard InChI is InChI=1S/C74H74N2/c1-3-5-7-9-11-13-15-55-17-29-61(30-18-55)63-41-45-65(46-42-63)71(53-75)49-57-21-33-67(34-22-57)73-51-59-25-37-69(73)39-27-60-26-38-70(40-28-59)74(52-60)68-35-23-58(24-36-68)50-72(54-76)66-47-43-64(44-48-66)62-31-19-56(20-32-62)16-14-12-10-8-6-4-2/h17-26,29-38,41-52H,3-16,27-28,39-40H2,1-2H3/b71-49-,72-50+. The minimum atomic E-state index is 0.657. The molecule has 8 aromatic rings. The molecule has 2 heteroatoms. The first-order valence-corrected chi connectivity index (χ1v) is 28.5. The van der Waals surface area contributed by atoms with E-state index in [4.69, 9.17) is 0 Å². The highest BCUT2D eigenvalue weighted by molar-refractivity contribution is 5.91. The molecule has 380 valence electrons. The van der Waals surface area contributed by atoms with Crippen molar-refractivity contribution in [2.24, 2.45) is 0 Å². The van der Waals surface area contributed by atoms with E-state index in [0.717, 1.165) is 71.9 Å². The molecule has 12 rings (SSSR count). The number of rotatable bonds is 22. The summed E-state index contributed by atoms with van der Waals surface area (Å²) in [6.07, 6.45) is 25.8. The van der Waals surface area contributed by atoms with Crippen molar-refractivity contribution in [1.29, 1.82) is 10.5 Å². The Kier molecular flexibility index (Phi) is 18.9. The Balaban J connectivity index is 0.821. The summed E-state index contributed by atoms with van der Waals surface area (Å²) in [4.78, 5) is 0. The second-order valence-electron chi connectivity index (χ2n) is 21.2. The largest absolute Gasteiger partial charge is 0.192 e. The molecule has 0 saturated heterocycles. The summed E-state index contributed by atoms with van der Waals surface area (Å²) >= 11 is 0. The molecule has 0 spiro atoms. The zero-order valence-corrected chi connectivity index (χ0v) is 45.1. The Labute approximate surface area is 455 Å². The maximum Gasteiger partial charge on any atom is 0.0998 e. The fraction of sp³-hybridized carbons (Fsp3) is 0.270. The molecule has 0 heterocycles. The van der Waals surface area contributed by atoms with Crippen LogP contribution in [0.4, 0.5) is 0 Å². The van der Waals surface area contributed by atoms with Gasteiger partial charge in [0.2, 0.25) is 0 Å². The predicted octanol–water partition coefficient (Wildman–Crippen LogP) is 20.2. The molecule has 0 aromatic heterocycles. The van der Waals surface area contributed by atoms with Crippen LogP contribution < -0.4 is 0 Å². The van der Waals surface area contributed by atoms with Crippen molar-refractivity contribution in [1.82, 2.24) is 0 Å². The monoisotopic (exact) mass is 991 g/mol. The SMILES string of the molecule is CCCCCCCCc1ccc(-c2ccc(/C(C#N)=C/c3ccc(-c4cc5ccc4CCc4ccc(c(-c6ccc(/C=C(/C#N)c7ccc(-c8ccc(CCCCCCCC)cc8)cc7)cc6)c4)CC5)cc3)cc2)cc1. The van der Waals surface area contributed by atoms with Gasteiger partial charge in [0, 0.05) is 0 Å². The molecule has 0 aliphatic heterocycles. The fourth-order valence-corrected chi connectivity index (χ4v) is 10.9. The van der Waals surface area contributed by atoms with E-state index in [0.29, 0.717) is 11.1 Å². The maximum atomic E-state index is 10.3. The topological polar surface area (TPSA) is 47.6 Å². The minimum Gasteiger partial charge on any atom is -0.192 e. The third-order valence-electron chi connectivity index (χ3n) is 15.6. The Morgan fingerprint density at radius 2 is 0.684 bits per heavy atom. The zero-order chi connectivity index (χ0) is 52.3. The van der Waals surface area contributed by atoms with Crippen molar-refractivity contribution in [3.63, 3.8) is 0 Å². The lowest BCUT2D eigenvalue weighted by Gasteiger charge is -2.17. The molecule has 0 amide bonds. The lowest BCUT2D eigenvalue weighted by molar-refractivity contribution is 0.607. The molecular formula is C74H74N2. The summed E-state index contributed by atoms with van der Waals surface area (Å²) in [6, 6.07) is 71.3. The van der Waals surface area contributed by atoms with Gasteiger partial charge in [-0.05, 0) is 164 Å². The van der Waals surface area contributed by atoms with Gasteiger partial charge >= 0.3 is 0 Å². The van der Waals surface area contributed by atoms with Crippen LogP contribution in [0.25, 0.3) is 67.8 Å². The summed E-state index contributed by atoms with van der Waals surface area (Å²) in [7, 11) is 0. The second-order valence-corrected chi connectivity index (χ2v) is 21.2. The van der Waals surface area contributed by atoms with Gasteiger partial charge in [-0.3, -0.25) is 0 Å². The van der Waals surface area contributed by atoms with Crippen molar-refractivity contribution in [3.8, 4) is 56.6 Å². The van der Waals surface area contributed by atoms with Crippen molar-refractivity contribution < 1.29 is 0 Å². The number of aryl methyl sites for hydroxylation is 6. The van der Waals surface area contributed by atoms with Crippen LogP contribution >= 0.6 is 0 Å². The van der Waals surface area contributed by atoms with Crippen LogP contribution in [-0.4, -0.2) is 0 Å². The fourth-order valence-electron chi connectivity index (χ4n) is 10.9. The summed E-state index contributed by atoms with van der Waals surface area (Å²) in [5.41, 5.74) is 23.1. The van der Waals surface area contributed by atoms with Crippen molar-refractivity contribution in [2.75, 3.05) is 0 Å². The smallest absolute Gasteiger partial charge is 0.0998 e. The first kappa shape index (κ1) is 53.1. The van der Waals surface area contributed by atoms with Crippen LogP contribution in [0.3, 0.4) is 0 Å². The summed E-state index contributed by atoms with van der Waals surface area (Å²) in [5, 5.41) is 20.6. The average molecular weight is 991 g/mol. The van der Waals surface area contributed by atoms with E-state index in [1.807, 2.05) is 12.2 Å². The highest BCUT2D eigenvalue weighted by atomic mass is 14.3. The number of allylic oxidation sites excluding steroid dienone is 2. The number of hydrogen-bond donors (Lipinski definition) is 0. The van der Waals surface area contributed by atoms with Gasteiger partial charge in [-0.1, -0.05) is 260 Å². The van der Waals surface area contributed by atoms with Gasteiger partial charge in [-0.2, -0.15) is 10.5 Å². The van der Waals surface area contributed by atoms with E-state index in [2.05, 4.69) is 208 Å². The lowest BCUT2D eigenvalue weighted by atomic mass is 9.87. The van der Waals surface area contributed by atoms with E-state index >= 15 is 0 Å². The molecule has 76 heavy (non-hydrogen) atoms. The van der Waals surface area contributed by atoms with Crippen LogP contribution in [-0.2, 0) is 38.5 Å². The number of hydrogen-bond acceptors (Lipinski definition) is 2. The Morgan fingerprint density at radius 1 is 0.355 bits per heavy atom. The van der Waals surface area contributed by atoms with E-state index < -0.39 is 0 Å². The quantitative estimate of drug-likeness (QED) is 0.0386. The summed E-state index contributed by atoms with van der Waals surface area (Å²) in [6.45, 7) is 4.54. The average Bonchev–Trinajstić information content (AvgIpc) is 3.47. The Hall–Kier alpha value is -7.78. The van der Waals surface area contributed by atoms with E-state index in [9.17, 15) is 10.5 Å². The molecule has 8 aromatic carbocycles. The first-order chi connectivity index (χ1) is 37.5. The molecule has 0 fully saturated rings. The van der Waals surface area contributed by atoms with Crippen molar-refractivity contribution in [2.45, 2.75) is 129 Å². The van der Waals surface area contributed by atoms with Gasteiger partial charge < -0.3 is 0 Å². The molecule has 4 aliphatic carbocycles. The van der Waals surface area contributed by atoms with Gasteiger partial charge in [-0.15, -0.1) is 0 Å². The summed E-state index contributed by atoms with van der Waals surface area (Å²) in [5.74, 6) is 0. The highest BCUT2D eigenvalue weighted by Crippen LogP contribution is 2.34. The van der Waals surface area contributed by atoms with E-state index in [1.165, 1.54) is 144 Å². The summed E-state index contributed by atoms with van der Waals surface area (Å²) < 4.78 is 0. The van der Waals surface area contributed by atoms with Gasteiger partial charge in [0.25, 0.3) is 0 Å². The molecule has 4 aliphatic rings. The van der Waals surface area contributed by atoms with E-state index in [1.54, 1.807) is 0 Å². The van der Waals surface area contributed by atoms with Crippen LogP contribution in [0.15, 0.2) is 182 Å². The molecule has 0 radical (unpaired) electrons. The second kappa shape index (κ2) is 27.1.